The molecular weight excluding hydrogens is 512 g/mol. The topological polar surface area (TPSA) is 122 Å². The van der Waals surface area contributed by atoms with Crippen LogP contribution in [0.5, 0.6) is 23.0 Å². The van der Waals surface area contributed by atoms with E-state index in [1.54, 1.807) is 62.7 Å². The molecule has 1 amide bonds. The predicted octanol–water partition coefficient (Wildman–Crippen LogP) is 4.69. The van der Waals surface area contributed by atoms with Crippen molar-refractivity contribution < 1.29 is 23.7 Å². The fourth-order valence-corrected chi connectivity index (χ4v) is 4.69. The zero-order chi connectivity index (χ0) is 28.2. The van der Waals surface area contributed by atoms with Gasteiger partial charge in [-0.05, 0) is 44.2 Å². The Labute approximate surface area is 231 Å². The molecule has 1 aliphatic rings. The summed E-state index contributed by atoms with van der Waals surface area (Å²) in [4.78, 5) is 22.7. The minimum absolute atomic E-state index is 0.301. The van der Waals surface area contributed by atoms with Crippen LogP contribution in [-0.4, -0.2) is 53.6 Å². The lowest BCUT2D eigenvalue weighted by molar-refractivity contribution is -0.113. The van der Waals surface area contributed by atoms with E-state index >= 15 is 0 Å². The van der Waals surface area contributed by atoms with Crippen LogP contribution in [0.3, 0.4) is 0 Å². The smallest absolute Gasteiger partial charge is 0.255 e. The quantitative estimate of drug-likeness (QED) is 0.310. The number of allylic oxidation sites excluding steroid dienone is 1. The summed E-state index contributed by atoms with van der Waals surface area (Å²) in [6.07, 6.45) is 3.24. The van der Waals surface area contributed by atoms with E-state index in [2.05, 4.69) is 15.6 Å². The number of nitrogens with one attached hydrogen (secondary N) is 2. The fraction of sp³-hybridized carbons (Fsp3) is 0.241. The zero-order valence-electron chi connectivity index (χ0n) is 22.9. The summed E-state index contributed by atoms with van der Waals surface area (Å²) in [7, 11) is 4.65. The van der Waals surface area contributed by atoms with Crippen molar-refractivity contribution in [1.29, 1.82) is 0 Å². The van der Waals surface area contributed by atoms with Crippen LogP contribution in [0.1, 0.15) is 25.5 Å². The number of methoxy groups -OCH3 is 3. The SMILES string of the molecule is CCOc1ccccc1C1C(C(=O)Nc2cccnc2)=C(C)Nc2nc(-c3cc(OC)c(OC)c(OC)c3)nn21. The summed E-state index contributed by atoms with van der Waals surface area (Å²) in [5, 5.41) is 11.1. The molecule has 3 heterocycles. The number of carbonyl (C=O) groups excluding carboxylic acids is 1. The first-order valence-corrected chi connectivity index (χ1v) is 12.7. The van der Waals surface area contributed by atoms with Crippen LogP contribution in [0.4, 0.5) is 11.6 Å². The number of pyridine rings is 1. The van der Waals surface area contributed by atoms with Gasteiger partial charge in [0.2, 0.25) is 11.7 Å². The largest absolute Gasteiger partial charge is 0.494 e. The Morgan fingerprint density at radius 3 is 2.42 bits per heavy atom. The van der Waals surface area contributed by atoms with Crippen molar-refractivity contribution in [1.82, 2.24) is 19.7 Å². The second kappa shape index (κ2) is 11.4. The lowest BCUT2D eigenvalue weighted by atomic mass is 9.94. The zero-order valence-corrected chi connectivity index (χ0v) is 22.9. The molecule has 1 atom stereocenters. The second-order valence-corrected chi connectivity index (χ2v) is 8.85. The van der Waals surface area contributed by atoms with Crippen molar-refractivity contribution in [2.75, 3.05) is 38.6 Å². The average Bonchev–Trinajstić information content (AvgIpc) is 3.40. The molecule has 11 nitrogen and oxygen atoms in total. The summed E-state index contributed by atoms with van der Waals surface area (Å²) < 4.78 is 24.2. The van der Waals surface area contributed by atoms with Crippen molar-refractivity contribution in [2.45, 2.75) is 19.9 Å². The van der Waals surface area contributed by atoms with Gasteiger partial charge in [0, 0.05) is 23.0 Å². The number of anilines is 2. The van der Waals surface area contributed by atoms with E-state index in [9.17, 15) is 4.79 Å². The number of ether oxygens (including phenoxy) is 4. The maximum absolute atomic E-state index is 13.8. The molecule has 0 aliphatic carbocycles. The summed E-state index contributed by atoms with van der Waals surface area (Å²) in [5.41, 5.74) is 3.09. The number of carbonyl (C=O) groups is 1. The molecule has 5 rings (SSSR count). The van der Waals surface area contributed by atoms with E-state index in [0.29, 0.717) is 63.9 Å². The minimum atomic E-state index is -0.640. The summed E-state index contributed by atoms with van der Waals surface area (Å²) in [5.74, 6) is 2.63. The second-order valence-electron chi connectivity index (χ2n) is 8.85. The van der Waals surface area contributed by atoms with E-state index < -0.39 is 6.04 Å². The minimum Gasteiger partial charge on any atom is -0.494 e. The molecule has 2 aromatic heterocycles. The van der Waals surface area contributed by atoms with E-state index in [0.717, 1.165) is 5.56 Å². The molecule has 206 valence electrons. The number of para-hydroxylation sites is 1. The van der Waals surface area contributed by atoms with Gasteiger partial charge in [-0.25, -0.2) is 4.68 Å². The Bertz CT molecular complexity index is 1540. The maximum Gasteiger partial charge on any atom is 0.255 e. The number of amides is 1. The van der Waals surface area contributed by atoms with Gasteiger partial charge in [0.05, 0.1) is 45.4 Å². The molecule has 2 aromatic carbocycles. The molecular formula is C29H30N6O5. The normalized spacial score (nSPS) is 14.2. The van der Waals surface area contributed by atoms with Crippen LogP contribution >= 0.6 is 0 Å². The van der Waals surface area contributed by atoms with Gasteiger partial charge in [-0.15, -0.1) is 5.10 Å². The Morgan fingerprint density at radius 2 is 1.77 bits per heavy atom. The molecule has 1 unspecified atom stereocenters. The van der Waals surface area contributed by atoms with Gasteiger partial charge in [0.1, 0.15) is 11.8 Å². The Morgan fingerprint density at radius 1 is 1.02 bits per heavy atom. The highest BCUT2D eigenvalue weighted by atomic mass is 16.5. The number of benzene rings is 2. The highest BCUT2D eigenvalue weighted by molar-refractivity contribution is 6.06. The molecule has 0 fully saturated rings. The summed E-state index contributed by atoms with van der Waals surface area (Å²) in [6.45, 7) is 4.22. The van der Waals surface area contributed by atoms with Crippen LogP contribution in [-0.2, 0) is 4.79 Å². The lowest BCUT2D eigenvalue weighted by Crippen LogP contribution is -2.31. The average molecular weight is 543 g/mol. The first-order chi connectivity index (χ1) is 19.5. The Hall–Kier alpha value is -5.06. The van der Waals surface area contributed by atoms with Gasteiger partial charge in [0.15, 0.2) is 17.3 Å². The number of nitrogens with zero attached hydrogens (tertiary/aromatic N) is 4. The third kappa shape index (κ3) is 4.89. The van der Waals surface area contributed by atoms with Crippen molar-refractivity contribution >= 4 is 17.5 Å². The maximum atomic E-state index is 13.8. The van der Waals surface area contributed by atoms with Crippen LogP contribution in [0, 0.1) is 0 Å². The lowest BCUT2D eigenvalue weighted by Gasteiger charge is -2.29. The van der Waals surface area contributed by atoms with Crippen molar-refractivity contribution in [3.8, 4) is 34.4 Å². The predicted molar refractivity (Wildman–Crippen MR) is 150 cm³/mol. The Balaban J connectivity index is 1.65. The van der Waals surface area contributed by atoms with Gasteiger partial charge in [-0.1, -0.05) is 18.2 Å². The molecule has 0 bridgehead atoms. The fourth-order valence-electron chi connectivity index (χ4n) is 4.69. The Kier molecular flexibility index (Phi) is 7.54. The molecule has 0 radical (unpaired) electrons. The van der Waals surface area contributed by atoms with Crippen LogP contribution in [0.2, 0.25) is 0 Å². The molecule has 2 N–H and O–H groups in total. The van der Waals surface area contributed by atoms with E-state index in [1.807, 2.05) is 38.1 Å². The molecule has 0 spiro atoms. The first-order valence-electron chi connectivity index (χ1n) is 12.7. The highest BCUT2D eigenvalue weighted by Crippen LogP contribution is 2.43. The molecule has 4 aromatic rings. The van der Waals surface area contributed by atoms with Gasteiger partial charge in [-0.2, -0.15) is 4.98 Å². The van der Waals surface area contributed by atoms with Gasteiger partial charge >= 0.3 is 0 Å². The van der Waals surface area contributed by atoms with E-state index in [-0.39, 0.29) is 5.91 Å². The van der Waals surface area contributed by atoms with E-state index in [4.69, 9.17) is 29.0 Å². The number of hydrogen-bond donors (Lipinski definition) is 2. The van der Waals surface area contributed by atoms with Crippen molar-refractivity contribution in [3.63, 3.8) is 0 Å². The van der Waals surface area contributed by atoms with Crippen molar-refractivity contribution in [2.24, 2.45) is 0 Å². The third-order valence-electron chi connectivity index (χ3n) is 6.45. The van der Waals surface area contributed by atoms with Crippen LogP contribution < -0.4 is 29.6 Å². The number of fused-ring (bicyclic) bond motifs is 1. The first kappa shape index (κ1) is 26.5. The third-order valence-corrected chi connectivity index (χ3v) is 6.45. The molecule has 11 heteroatoms. The van der Waals surface area contributed by atoms with Crippen LogP contribution in [0.15, 0.2) is 72.2 Å². The molecule has 0 saturated heterocycles. The standard InChI is InChI=1S/C29H30N6O5/c1-6-40-21-12-8-7-11-20(21)25-24(28(36)32-19-10-9-13-30-16-19)17(2)31-29-33-27(34-35(25)29)18-14-22(37-3)26(39-5)23(15-18)38-4/h7-16,25H,6H2,1-5H3,(H,32,36)(H,31,33,34). The molecule has 40 heavy (non-hydrogen) atoms. The highest BCUT2D eigenvalue weighted by Gasteiger charge is 2.36. The monoisotopic (exact) mass is 542 g/mol. The summed E-state index contributed by atoms with van der Waals surface area (Å²) >= 11 is 0. The molecule has 1 aliphatic heterocycles. The van der Waals surface area contributed by atoms with Crippen molar-refractivity contribution in [3.05, 3.63) is 77.8 Å². The van der Waals surface area contributed by atoms with Gasteiger partial charge in [-0.3, -0.25) is 9.78 Å². The van der Waals surface area contributed by atoms with Crippen LogP contribution in [0.25, 0.3) is 11.4 Å². The number of hydrogen-bond acceptors (Lipinski definition) is 9. The number of aromatic nitrogens is 4. The summed E-state index contributed by atoms with van der Waals surface area (Å²) in [6, 6.07) is 14.1. The van der Waals surface area contributed by atoms with E-state index in [1.165, 1.54) is 0 Å². The molecule has 0 saturated carbocycles. The van der Waals surface area contributed by atoms with Gasteiger partial charge in [0.25, 0.3) is 5.91 Å². The number of rotatable bonds is 9. The van der Waals surface area contributed by atoms with Gasteiger partial charge < -0.3 is 29.6 Å².